The zero-order valence-corrected chi connectivity index (χ0v) is 13.2. The van der Waals surface area contributed by atoms with Crippen molar-refractivity contribution >= 4 is 18.2 Å². The molecule has 1 aliphatic heterocycles. The summed E-state index contributed by atoms with van der Waals surface area (Å²) in [6.07, 6.45) is 5.13. The van der Waals surface area contributed by atoms with Gasteiger partial charge in [-0.15, -0.1) is 0 Å². The summed E-state index contributed by atoms with van der Waals surface area (Å²) < 4.78 is 15.8. The van der Waals surface area contributed by atoms with Crippen LogP contribution in [0.4, 0.5) is 0 Å². The third-order valence-corrected chi connectivity index (χ3v) is 3.61. The number of carbonyl (C=O) groups excluding carboxylic acids is 3. The first-order valence-electron chi connectivity index (χ1n) is 7.67. The molecule has 0 aromatic heterocycles. The molecule has 0 radical (unpaired) electrons. The average Bonchev–Trinajstić information content (AvgIpc) is 2.99. The van der Waals surface area contributed by atoms with Crippen LogP contribution in [0.3, 0.4) is 0 Å². The first-order valence-corrected chi connectivity index (χ1v) is 7.67. The number of ether oxygens (including phenoxy) is 3. The van der Waals surface area contributed by atoms with Gasteiger partial charge in [0.2, 0.25) is 0 Å². The first kappa shape index (κ1) is 18.4. The summed E-state index contributed by atoms with van der Waals surface area (Å²) in [7, 11) is 0. The Kier molecular flexibility index (Phi) is 7.80. The molecule has 0 aromatic rings. The maximum Gasteiger partial charge on any atom is 0.323 e. The van der Waals surface area contributed by atoms with Crippen molar-refractivity contribution in [2.75, 3.05) is 19.8 Å². The molecule has 22 heavy (non-hydrogen) atoms. The standard InChI is InChI=1S/C16H24O6/c1-3-20-14(18)16(9-5-6-10-17,15(19)21-4-2)12-13-8-7-11-22-13/h5-6,10,13H,3-4,7-9,11-12H2,1-2H3/b6-5+. The van der Waals surface area contributed by atoms with Gasteiger partial charge in [0.05, 0.1) is 19.3 Å². The Morgan fingerprint density at radius 1 is 1.23 bits per heavy atom. The van der Waals surface area contributed by atoms with E-state index in [9.17, 15) is 14.4 Å². The fourth-order valence-electron chi connectivity index (χ4n) is 2.56. The lowest BCUT2D eigenvalue weighted by molar-refractivity contribution is -0.174. The normalized spacial score (nSPS) is 18.4. The maximum absolute atomic E-state index is 12.5. The average molecular weight is 312 g/mol. The fourth-order valence-corrected chi connectivity index (χ4v) is 2.56. The highest BCUT2D eigenvalue weighted by atomic mass is 16.6. The smallest absolute Gasteiger partial charge is 0.323 e. The predicted octanol–water partition coefficient (Wildman–Crippen LogP) is 1.81. The Hall–Kier alpha value is -1.69. The predicted molar refractivity (Wildman–Crippen MR) is 79.1 cm³/mol. The van der Waals surface area contributed by atoms with Crippen LogP contribution in [0.1, 0.15) is 39.5 Å². The highest BCUT2D eigenvalue weighted by Gasteiger charge is 2.50. The van der Waals surface area contributed by atoms with Crippen molar-refractivity contribution in [2.24, 2.45) is 5.41 Å². The molecule has 0 N–H and O–H groups in total. The maximum atomic E-state index is 12.5. The van der Waals surface area contributed by atoms with Gasteiger partial charge >= 0.3 is 11.9 Å². The summed E-state index contributed by atoms with van der Waals surface area (Å²) in [6, 6.07) is 0. The molecule has 0 amide bonds. The molecule has 1 heterocycles. The largest absolute Gasteiger partial charge is 0.465 e. The van der Waals surface area contributed by atoms with Crippen molar-refractivity contribution in [1.82, 2.24) is 0 Å². The quantitative estimate of drug-likeness (QED) is 0.280. The molecule has 6 heteroatoms. The van der Waals surface area contributed by atoms with Gasteiger partial charge in [-0.1, -0.05) is 6.08 Å². The van der Waals surface area contributed by atoms with Crippen molar-refractivity contribution in [3.8, 4) is 0 Å². The highest BCUT2D eigenvalue weighted by Crippen LogP contribution is 2.36. The van der Waals surface area contributed by atoms with E-state index in [-0.39, 0.29) is 32.2 Å². The van der Waals surface area contributed by atoms with Gasteiger partial charge in [0.1, 0.15) is 6.29 Å². The Bertz CT molecular complexity index is 391. The van der Waals surface area contributed by atoms with Crippen LogP contribution in [0.2, 0.25) is 0 Å². The van der Waals surface area contributed by atoms with Gasteiger partial charge in [0.15, 0.2) is 5.41 Å². The summed E-state index contributed by atoms with van der Waals surface area (Å²) in [4.78, 5) is 35.4. The molecule has 0 spiro atoms. The lowest BCUT2D eigenvalue weighted by atomic mass is 9.78. The van der Waals surface area contributed by atoms with Gasteiger partial charge in [-0.05, 0) is 39.2 Å². The van der Waals surface area contributed by atoms with Crippen LogP contribution in [0.15, 0.2) is 12.2 Å². The molecule has 124 valence electrons. The second kappa shape index (κ2) is 9.35. The SMILES string of the molecule is CCOC(=O)C(C/C=C/C=O)(CC1CCCO1)C(=O)OCC. The molecule has 1 fully saturated rings. The molecular weight excluding hydrogens is 288 g/mol. The lowest BCUT2D eigenvalue weighted by Crippen LogP contribution is -2.44. The van der Waals surface area contributed by atoms with Crippen LogP contribution in [-0.4, -0.2) is 44.1 Å². The van der Waals surface area contributed by atoms with Crippen molar-refractivity contribution in [2.45, 2.75) is 45.6 Å². The van der Waals surface area contributed by atoms with Crippen LogP contribution in [-0.2, 0) is 28.6 Å². The van der Waals surface area contributed by atoms with E-state index in [1.54, 1.807) is 13.8 Å². The van der Waals surface area contributed by atoms with Gasteiger partial charge in [-0.25, -0.2) is 0 Å². The summed E-state index contributed by atoms with van der Waals surface area (Å²) in [5, 5.41) is 0. The molecule has 0 aliphatic carbocycles. The Balaban J connectivity index is 3.07. The van der Waals surface area contributed by atoms with E-state index < -0.39 is 17.4 Å². The van der Waals surface area contributed by atoms with Crippen molar-refractivity contribution in [3.63, 3.8) is 0 Å². The Morgan fingerprint density at radius 3 is 2.32 bits per heavy atom. The molecule has 1 atom stereocenters. The third kappa shape index (κ3) is 4.66. The number of hydrogen-bond acceptors (Lipinski definition) is 6. The second-order valence-electron chi connectivity index (χ2n) is 5.13. The topological polar surface area (TPSA) is 78.9 Å². The van der Waals surface area contributed by atoms with Gasteiger partial charge in [-0.3, -0.25) is 14.4 Å². The summed E-state index contributed by atoms with van der Waals surface area (Å²) in [5.74, 6) is -1.25. The van der Waals surface area contributed by atoms with E-state index in [0.29, 0.717) is 12.9 Å². The van der Waals surface area contributed by atoms with Crippen molar-refractivity contribution < 1.29 is 28.6 Å². The molecular formula is C16H24O6. The number of carbonyl (C=O) groups is 3. The van der Waals surface area contributed by atoms with Crippen LogP contribution in [0, 0.1) is 5.41 Å². The first-order chi connectivity index (χ1) is 10.6. The van der Waals surface area contributed by atoms with Gasteiger partial charge in [-0.2, -0.15) is 0 Å². The monoisotopic (exact) mass is 312 g/mol. The molecule has 1 aliphatic rings. The Morgan fingerprint density at radius 2 is 1.86 bits per heavy atom. The Labute approximate surface area is 130 Å². The minimum Gasteiger partial charge on any atom is -0.465 e. The van der Waals surface area contributed by atoms with Crippen LogP contribution >= 0.6 is 0 Å². The van der Waals surface area contributed by atoms with Gasteiger partial charge < -0.3 is 14.2 Å². The molecule has 0 saturated carbocycles. The minimum atomic E-state index is -1.46. The molecule has 1 saturated heterocycles. The van der Waals surface area contributed by atoms with Crippen LogP contribution < -0.4 is 0 Å². The van der Waals surface area contributed by atoms with Crippen LogP contribution in [0.25, 0.3) is 0 Å². The summed E-state index contributed by atoms with van der Waals surface area (Å²) in [5.41, 5.74) is -1.46. The number of aldehydes is 1. The lowest BCUT2D eigenvalue weighted by Gasteiger charge is -2.30. The number of hydrogen-bond donors (Lipinski definition) is 0. The number of allylic oxidation sites excluding steroid dienone is 2. The molecule has 1 unspecified atom stereocenters. The van der Waals surface area contributed by atoms with E-state index in [1.165, 1.54) is 12.2 Å². The van der Waals surface area contributed by atoms with E-state index in [2.05, 4.69) is 0 Å². The molecule has 0 aromatic carbocycles. The molecule has 6 nitrogen and oxygen atoms in total. The van der Waals surface area contributed by atoms with E-state index >= 15 is 0 Å². The second-order valence-corrected chi connectivity index (χ2v) is 5.13. The zero-order valence-electron chi connectivity index (χ0n) is 13.2. The van der Waals surface area contributed by atoms with E-state index in [0.717, 1.165) is 12.8 Å². The molecule has 1 rings (SSSR count). The minimum absolute atomic E-state index is 0.0588. The van der Waals surface area contributed by atoms with Crippen molar-refractivity contribution in [1.29, 1.82) is 0 Å². The van der Waals surface area contributed by atoms with E-state index in [1.807, 2.05) is 0 Å². The molecule has 0 bridgehead atoms. The van der Waals surface area contributed by atoms with Gasteiger partial charge in [0, 0.05) is 13.0 Å². The van der Waals surface area contributed by atoms with Crippen molar-refractivity contribution in [3.05, 3.63) is 12.2 Å². The van der Waals surface area contributed by atoms with Gasteiger partial charge in [0.25, 0.3) is 0 Å². The zero-order chi connectivity index (χ0) is 16.4. The summed E-state index contributed by atoms with van der Waals surface area (Å²) in [6.45, 7) is 4.32. The third-order valence-electron chi connectivity index (χ3n) is 3.61. The summed E-state index contributed by atoms with van der Waals surface area (Å²) >= 11 is 0. The number of rotatable bonds is 9. The van der Waals surface area contributed by atoms with E-state index in [4.69, 9.17) is 14.2 Å². The fraction of sp³-hybridized carbons (Fsp3) is 0.688. The van der Waals surface area contributed by atoms with Crippen LogP contribution in [0.5, 0.6) is 0 Å². The highest BCUT2D eigenvalue weighted by molar-refractivity contribution is 6.00. The number of esters is 2.